The van der Waals surface area contributed by atoms with Crippen LogP contribution in [0, 0.1) is 11.7 Å². The van der Waals surface area contributed by atoms with Crippen molar-refractivity contribution in [3.8, 4) is 0 Å². The zero-order valence-electron chi connectivity index (χ0n) is 25.6. The van der Waals surface area contributed by atoms with Crippen molar-refractivity contribution in [3.63, 3.8) is 0 Å². The fourth-order valence-corrected chi connectivity index (χ4v) is 7.68. The number of fused-ring (bicyclic) bond motifs is 3. The predicted molar refractivity (Wildman–Crippen MR) is 171 cm³/mol. The molecule has 0 spiro atoms. The summed E-state index contributed by atoms with van der Waals surface area (Å²) in [5, 5.41) is 4.69. The Morgan fingerprint density at radius 3 is 2.18 bits per heavy atom. The van der Waals surface area contributed by atoms with E-state index in [1.54, 1.807) is 12.1 Å². The lowest BCUT2D eigenvalue weighted by Crippen LogP contribution is -2.67. The molecule has 3 fully saturated rings. The minimum atomic E-state index is -0.386. The molecule has 0 radical (unpaired) electrons. The van der Waals surface area contributed by atoms with Gasteiger partial charge in [0.1, 0.15) is 11.7 Å². The highest BCUT2D eigenvalue weighted by Gasteiger charge is 2.50. The first-order valence-corrected chi connectivity index (χ1v) is 16.3. The Balaban J connectivity index is 0.995. The number of hydrogen-bond acceptors (Lipinski definition) is 6. The van der Waals surface area contributed by atoms with Gasteiger partial charge >= 0.3 is 0 Å². The normalized spacial score (nSPS) is 23.4. The fraction of sp³-hybridized carbons (Fsp3) is 0.417. The van der Waals surface area contributed by atoms with Crippen LogP contribution in [0.1, 0.15) is 61.3 Å². The van der Waals surface area contributed by atoms with Crippen molar-refractivity contribution in [3.05, 3.63) is 107 Å². The summed E-state index contributed by atoms with van der Waals surface area (Å²) in [6, 6.07) is 27.8. The third-order valence-corrected chi connectivity index (χ3v) is 9.94. The van der Waals surface area contributed by atoms with E-state index in [0.717, 1.165) is 50.2 Å². The maximum atomic E-state index is 13.7. The molecule has 3 aromatic rings. The van der Waals surface area contributed by atoms with E-state index in [1.807, 2.05) is 21.9 Å². The molecule has 234 valence electrons. The maximum Gasteiger partial charge on any atom is 0.231 e. The number of rotatable bonds is 8. The first kappa shape index (κ1) is 29.5. The van der Waals surface area contributed by atoms with Crippen LogP contribution in [0.25, 0.3) is 0 Å². The van der Waals surface area contributed by atoms with Gasteiger partial charge in [0.2, 0.25) is 11.8 Å². The zero-order chi connectivity index (χ0) is 30.8. The van der Waals surface area contributed by atoms with Gasteiger partial charge in [-0.05, 0) is 41.7 Å². The molecule has 1 aliphatic carbocycles. The second kappa shape index (κ2) is 13.0. The quantitative estimate of drug-likeness (QED) is 0.392. The van der Waals surface area contributed by atoms with Gasteiger partial charge in [-0.2, -0.15) is 5.10 Å². The highest BCUT2D eigenvalue weighted by atomic mass is 19.1. The van der Waals surface area contributed by atoms with E-state index < -0.39 is 0 Å². The third-order valence-electron chi connectivity index (χ3n) is 9.94. The van der Waals surface area contributed by atoms with Crippen molar-refractivity contribution in [2.45, 2.75) is 63.4 Å². The number of hydrazone groups is 1. The van der Waals surface area contributed by atoms with E-state index in [0.29, 0.717) is 32.5 Å². The molecular formula is C36H41FN6O2. The standard InChI is InChI=1S/C36H41FN6O2/c37-29-17-15-26(16-18-29)25-42-35(45)30-13-7-8-14-31(30)43-32(38-39-36(42)43)19-20-33(44)40-21-23-41(24-22-40)34(27-9-3-1-4-10-27)28-11-5-2-6-12-28/h1-6,9-12,15-18,30-31,34,36,39H,7-8,13-14,19-25H2. The molecular weight excluding hydrogens is 567 g/mol. The Bertz CT molecular complexity index is 1470. The predicted octanol–water partition coefficient (Wildman–Crippen LogP) is 4.94. The fourth-order valence-electron chi connectivity index (χ4n) is 7.68. The van der Waals surface area contributed by atoms with E-state index in [9.17, 15) is 14.0 Å². The van der Waals surface area contributed by atoms with Crippen LogP contribution < -0.4 is 5.43 Å². The Hall–Kier alpha value is -4.24. The van der Waals surface area contributed by atoms with Gasteiger partial charge < -0.3 is 9.80 Å². The van der Waals surface area contributed by atoms with E-state index in [1.165, 1.54) is 23.3 Å². The minimum absolute atomic E-state index is 0.0843. The summed E-state index contributed by atoms with van der Waals surface area (Å²) >= 11 is 0. The Morgan fingerprint density at radius 1 is 0.867 bits per heavy atom. The number of halogens is 1. The summed E-state index contributed by atoms with van der Waals surface area (Å²) in [7, 11) is 0. The van der Waals surface area contributed by atoms with Crippen LogP contribution >= 0.6 is 0 Å². The topological polar surface area (TPSA) is 71.5 Å². The highest BCUT2D eigenvalue weighted by molar-refractivity contribution is 5.91. The van der Waals surface area contributed by atoms with Crippen molar-refractivity contribution >= 4 is 17.6 Å². The van der Waals surface area contributed by atoms with Crippen LogP contribution in [0.2, 0.25) is 0 Å². The lowest BCUT2D eigenvalue weighted by atomic mass is 9.80. The number of amides is 2. The summed E-state index contributed by atoms with van der Waals surface area (Å²) in [6.45, 7) is 3.38. The minimum Gasteiger partial charge on any atom is -0.340 e. The van der Waals surface area contributed by atoms with Crippen LogP contribution in [0.5, 0.6) is 0 Å². The largest absolute Gasteiger partial charge is 0.340 e. The number of nitrogens with zero attached hydrogens (tertiary/aromatic N) is 5. The van der Waals surface area contributed by atoms with Crippen LogP contribution in [0.4, 0.5) is 4.39 Å². The van der Waals surface area contributed by atoms with Gasteiger partial charge in [0.15, 0.2) is 6.29 Å². The molecule has 8 nitrogen and oxygen atoms in total. The molecule has 7 rings (SSSR count). The van der Waals surface area contributed by atoms with Gasteiger partial charge in [-0.25, -0.2) is 4.39 Å². The van der Waals surface area contributed by atoms with Crippen LogP contribution in [-0.4, -0.2) is 75.8 Å². The number of piperazine rings is 1. The average molecular weight is 609 g/mol. The van der Waals surface area contributed by atoms with Gasteiger partial charge in [0, 0.05) is 51.6 Å². The molecule has 2 amide bonds. The molecule has 4 aliphatic rings. The van der Waals surface area contributed by atoms with E-state index in [4.69, 9.17) is 5.10 Å². The molecule has 45 heavy (non-hydrogen) atoms. The number of nitrogens with one attached hydrogen (secondary N) is 1. The van der Waals surface area contributed by atoms with Crippen LogP contribution in [0.15, 0.2) is 90.0 Å². The molecule has 9 heteroatoms. The Morgan fingerprint density at radius 2 is 1.51 bits per heavy atom. The number of amidine groups is 1. The first-order valence-electron chi connectivity index (χ1n) is 16.3. The molecule has 3 unspecified atom stereocenters. The molecule has 3 aliphatic heterocycles. The molecule has 3 aromatic carbocycles. The summed E-state index contributed by atoms with van der Waals surface area (Å²) in [5.41, 5.74) is 6.63. The van der Waals surface area contributed by atoms with Crippen LogP contribution in [-0.2, 0) is 16.1 Å². The van der Waals surface area contributed by atoms with Gasteiger partial charge in [-0.15, -0.1) is 0 Å². The Kier molecular flexibility index (Phi) is 8.52. The second-order valence-electron chi connectivity index (χ2n) is 12.6. The molecule has 0 bridgehead atoms. The molecule has 3 heterocycles. The Labute approximate surface area is 264 Å². The molecule has 0 aromatic heterocycles. The van der Waals surface area contributed by atoms with E-state index in [2.05, 4.69) is 63.8 Å². The van der Waals surface area contributed by atoms with E-state index in [-0.39, 0.29) is 41.9 Å². The van der Waals surface area contributed by atoms with Gasteiger partial charge in [0.05, 0.1) is 12.0 Å². The van der Waals surface area contributed by atoms with Gasteiger partial charge in [0.25, 0.3) is 0 Å². The van der Waals surface area contributed by atoms with Crippen LogP contribution in [0.3, 0.4) is 0 Å². The highest BCUT2D eigenvalue weighted by Crippen LogP contribution is 2.38. The van der Waals surface area contributed by atoms with E-state index >= 15 is 0 Å². The van der Waals surface area contributed by atoms with Crippen molar-refractivity contribution in [1.82, 2.24) is 25.0 Å². The molecule has 2 saturated heterocycles. The average Bonchev–Trinajstić information content (AvgIpc) is 3.52. The molecule has 1 N–H and O–H groups in total. The number of carbonyl (C=O) groups is 2. The lowest BCUT2D eigenvalue weighted by molar-refractivity contribution is -0.156. The number of hydrogen-bond donors (Lipinski definition) is 1. The van der Waals surface area contributed by atoms with Gasteiger partial charge in [-0.1, -0.05) is 85.6 Å². The zero-order valence-corrected chi connectivity index (χ0v) is 25.6. The van der Waals surface area contributed by atoms with Crippen molar-refractivity contribution in [2.75, 3.05) is 26.2 Å². The summed E-state index contributed by atoms with van der Waals surface area (Å²) in [4.78, 5) is 35.8. The summed E-state index contributed by atoms with van der Waals surface area (Å²) in [6.07, 6.45) is 4.45. The van der Waals surface area contributed by atoms with Crippen molar-refractivity contribution in [1.29, 1.82) is 0 Å². The smallest absolute Gasteiger partial charge is 0.231 e. The first-order chi connectivity index (χ1) is 22.1. The van der Waals surface area contributed by atoms with Crippen molar-refractivity contribution in [2.24, 2.45) is 11.0 Å². The molecule has 3 atom stereocenters. The maximum absolute atomic E-state index is 13.7. The lowest BCUT2D eigenvalue weighted by Gasteiger charge is -2.50. The third kappa shape index (κ3) is 6.06. The summed E-state index contributed by atoms with van der Waals surface area (Å²) in [5.74, 6) is 0.751. The molecule has 1 saturated carbocycles. The summed E-state index contributed by atoms with van der Waals surface area (Å²) < 4.78 is 13.6. The number of benzene rings is 3. The van der Waals surface area contributed by atoms with Crippen molar-refractivity contribution < 1.29 is 14.0 Å². The second-order valence-corrected chi connectivity index (χ2v) is 12.6. The SMILES string of the molecule is O=C(CCC1=NNC2N(Cc3ccc(F)cc3)C(=O)C3CCCCC3N12)N1CCN(C(c2ccccc2)c2ccccc2)CC1. The number of carbonyl (C=O) groups excluding carboxylic acids is 2. The van der Waals surface area contributed by atoms with Gasteiger partial charge in [-0.3, -0.25) is 24.8 Å². The monoisotopic (exact) mass is 608 g/mol.